The van der Waals surface area contributed by atoms with Gasteiger partial charge in [-0.25, -0.2) is 0 Å². The van der Waals surface area contributed by atoms with Crippen molar-refractivity contribution >= 4 is 21.0 Å². The number of halogens is 8. The van der Waals surface area contributed by atoms with Crippen molar-refractivity contribution in [1.82, 2.24) is 0 Å². The minimum Gasteiger partial charge on any atom is -0.484 e. The number of hydrogen-bond acceptors (Lipinski definition) is 4. The minimum absolute atomic E-state index is 0.0515. The van der Waals surface area contributed by atoms with Crippen molar-refractivity contribution < 1.29 is 57.6 Å². The normalized spacial score (nSPS) is 14.6. The van der Waals surface area contributed by atoms with E-state index in [1.54, 1.807) is 30.3 Å². The van der Waals surface area contributed by atoms with Crippen LogP contribution in [0.1, 0.15) is 0 Å². The molecule has 2 atom stereocenters. The van der Waals surface area contributed by atoms with Crippen LogP contribution < -0.4 is 9.47 Å². The summed E-state index contributed by atoms with van der Waals surface area (Å²) in [6.45, 7) is -1.49. The minimum atomic E-state index is -6.46. The molecule has 0 aliphatic heterocycles. The summed E-state index contributed by atoms with van der Waals surface area (Å²) in [5, 5.41) is -5.69. The number of hydrogen-bond donors (Lipinski definition) is 1. The van der Waals surface area contributed by atoms with Gasteiger partial charge in [-0.3, -0.25) is 4.55 Å². The quantitative estimate of drug-likeness (QED) is 0.175. The molecule has 1 N–H and O–H groups in total. The molecule has 2 unspecified atom stereocenters. The Labute approximate surface area is 214 Å². The van der Waals surface area contributed by atoms with Gasteiger partial charge in [-0.05, 0) is 60.7 Å². The summed E-state index contributed by atoms with van der Waals surface area (Å²) in [4.78, 5) is 1.74. The van der Waals surface area contributed by atoms with Gasteiger partial charge in [0.05, 0.1) is 10.9 Å². The molecule has 206 valence electrons. The van der Waals surface area contributed by atoms with Crippen LogP contribution in [0.5, 0.6) is 11.5 Å². The smallest absolute Gasteiger partial charge is 0.432 e. The Bertz CT molecular complexity index is 1310. The molecule has 3 aromatic carbocycles. The zero-order valence-electron chi connectivity index (χ0n) is 18.7. The Kier molecular flexibility index (Phi) is 8.53. The van der Waals surface area contributed by atoms with E-state index < -0.39 is 57.1 Å². The molecule has 0 saturated heterocycles. The third-order valence-corrected chi connectivity index (χ3v) is 7.83. The first-order valence-corrected chi connectivity index (χ1v) is 12.9. The average molecular weight is 590 g/mol. The number of ether oxygens (including phenoxy) is 2. The van der Waals surface area contributed by atoms with Gasteiger partial charge in [0.15, 0.2) is 21.3 Å². The predicted molar refractivity (Wildman–Crippen MR) is 120 cm³/mol. The maximum atomic E-state index is 13.8. The zero-order chi connectivity index (χ0) is 28.4. The lowest BCUT2D eigenvalue weighted by molar-refractivity contribution is -0.239. The molecule has 0 saturated carbocycles. The van der Waals surface area contributed by atoms with Gasteiger partial charge in [-0.1, -0.05) is 18.2 Å². The Morgan fingerprint density at radius 2 is 1.16 bits per heavy atom. The summed E-state index contributed by atoms with van der Waals surface area (Å²) in [6, 6.07) is 18.6. The third kappa shape index (κ3) is 7.29. The molecule has 0 amide bonds. The number of benzene rings is 3. The van der Waals surface area contributed by atoms with Crippen molar-refractivity contribution in [3.05, 3.63) is 78.9 Å². The van der Waals surface area contributed by atoms with Gasteiger partial charge in [0.1, 0.15) is 11.5 Å². The van der Waals surface area contributed by atoms with Gasteiger partial charge in [0, 0.05) is 0 Å². The molecular weight excluding hydrogens is 572 g/mol. The van der Waals surface area contributed by atoms with E-state index in [1.807, 2.05) is 0 Å². The summed E-state index contributed by atoms with van der Waals surface area (Å²) >= 11 is 0. The molecule has 0 aliphatic rings. The van der Waals surface area contributed by atoms with Crippen LogP contribution in [-0.2, 0) is 21.0 Å². The summed E-state index contributed by atoms with van der Waals surface area (Å²) in [5.74, 6) is -0.809. The van der Waals surface area contributed by atoms with E-state index in [4.69, 9.17) is 9.29 Å². The van der Waals surface area contributed by atoms with Gasteiger partial charge in [-0.2, -0.15) is 43.5 Å². The Balaban J connectivity index is 1.93. The molecule has 3 rings (SSSR count). The van der Waals surface area contributed by atoms with Crippen LogP contribution in [0.15, 0.2) is 93.5 Å². The van der Waals surface area contributed by atoms with Crippen LogP contribution in [0.4, 0.5) is 35.1 Å². The lowest BCUT2D eigenvalue weighted by Crippen LogP contribution is -2.53. The molecular formula is C23H17F8O5S2+. The SMILES string of the molecule is O=S(=O)(O)C(F)(F)C(Oc1ccc([S+](c2ccccc2)c2ccc(OCC(F)(F)F)cc2)cc1)C(F)(F)F. The largest absolute Gasteiger partial charge is 0.484 e. The van der Waals surface area contributed by atoms with Crippen molar-refractivity contribution in [3.8, 4) is 11.5 Å². The highest BCUT2D eigenvalue weighted by Gasteiger charge is 2.65. The van der Waals surface area contributed by atoms with E-state index in [1.165, 1.54) is 36.4 Å². The highest BCUT2D eigenvalue weighted by Crippen LogP contribution is 2.39. The molecule has 0 bridgehead atoms. The van der Waals surface area contributed by atoms with Gasteiger partial charge >= 0.3 is 27.7 Å². The van der Waals surface area contributed by atoms with Crippen molar-refractivity contribution in [3.63, 3.8) is 0 Å². The lowest BCUT2D eigenvalue weighted by Gasteiger charge is -2.26. The van der Waals surface area contributed by atoms with Crippen LogP contribution in [0, 0.1) is 0 Å². The van der Waals surface area contributed by atoms with E-state index in [0.717, 1.165) is 12.1 Å². The second-order valence-electron chi connectivity index (χ2n) is 7.54. The predicted octanol–water partition coefficient (Wildman–Crippen LogP) is 6.51. The third-order valence-electron chi connectivity index (χ3n) is 4.70. The maximum absolute atomic E-state index is 13.8. The first-order chi connectivity index (χ1) is 17.5. The van der Waals surface area contributed by atoms with Crippen LogP contribution in [-0.4, -0.2) is 43.3 Å². The van der Waals surface area contributed by atoms with E-state index in [9.17, 15) is 43.5 Å². The van der Waals surface area contributed by atoms with E-state index >= 15 is 0 Å². The maximum Gasteiger partial charge on any atom is 0.432 e. The van der Waals surface area contributed by atoms with Crippen molar-refractivity contribution in [2.24, 2.45) is 0 Å². The summed E-state index contributed by atoms with van der Waals surface area (Å²) in [6.07, 6.45) is -14.6. The van der Waals surface area contributed by atoms with Crippen LogP contribution >= 0.6 is 0 Å². The molecule has 38 heavy (non-hydrogen) atoms. The molecule has 0 aromatic heterocycles. The van der Waals surface area contributed by atoms with Crippen molar-refractivity contribution in [2.45, 2.75) is 38.4 Å². The average Bonchev–Trinajstić information content (AvgIpc) is 2.82. The fraction of sp³-hybridized carbons (Fsp3) is 0.217. The van der Waals surface area contributed by atoms with E-state index in [2.05, 4.69) is 4.74 Å². The second kappa shape index (κ2) is 11.0. The standard InChI is InChI=1S/C23H16F8O5S2/c24-21(25,26)14-35-15-6-10-18(11-7-15)37(17-4-2-1-3-5-17)19-12-8-16(9-13-19)36-20(22(27,28)29)23(30,31)38(32,33)34/h1-13,20H,14H2/p+1. The molecule has 0 radical (unpaired) electrons. The van der Waals surface area contributed by atoms with Gasteiger partial charge < -0.3 is 9.47 Å². The fourth-order valence-electron chi connectivity index (χ4n) is 3.05. The molecule has 0 spiro atoms. The van der Waals surface area contributed by atoms with Crippen LogP contribution in [0.25, 0.3) is 0 Å². The van der Waals surface area contributed by atoms with Crippen LogP contribution in [0.2, 0.25) is 0 Å². The van der Waals surface area contributed by atoms with Crippen molar-refractivity contribution in [2.75, 3.05) is 6.61 Å². The summed E-state index contributed by atoms with van der Waals surface area (Å²) in [5.41, 5.74) is 0. The number of alkyl halides is 8. The van der Waals surface area contributed by atoms with E-state index in [-0.39, 0.29) is 5.75 Å². The molecule has 3 aromatic rings. The van der Waals surface area contributed by atoms with Gasteiger partial charge in [-0.15, -0.1) is 0 Å². The van der Waals surface area contributed by atoms with E-state index in [0.29, 0.717) is 14.7 Å². The summed E-state index contributed by atoms with van der Waals surface area (Å²) < 4.78 is 144. The fourth-order valence-corrected chi connectivity index (χ4v) is 5.57. The Morgan fingerprint density at radius 1 is 0.711 bits per heavy atom. The second-order valence-corrected chi connectivity index (χ2v) is 11.1. The first-order valence-electron chi connectivity index (χ1n) is 10.3. The molecule has 5 nitrogen and oxygen atoms in total. The molecule has 0 aliphatic carbocycles. The topological polar surface area (TPSA) is 72.8 Å². The highest BCUT2D eigenvalue weighted by atomic mass is 32.2. The Morgan fingerprint density at radius 3 is 1.58 bits per heavy atom. The van der Waals surface area contributed by atoms with Gasteiger partial charge in [0.25, 0.3) is 6.10 Å². The van der Waals surface area contributed by atoms with Crippen LogP contribution in [0.3, 0.4) is 0 Å². The zero-order valence-corrected chi connectivity index (χ0v) is 20.3. The monoisotopic (exact) mass is 589 g/mol. The van der Waals surface area contributed by atoms with Crippen molar-refractivity contribution in [1.29, 1.82) is 0 Å². The number of rotatable bonds is 9. The molecule has 0 heterocycles. The molecule has 15 heteroatoms. The highest BCUT2D eigenvalue weighted by molar-refractivity contribution is 7.97. The summed E-state index contributed by atoms with van der Waals surface area (Å²) in [7, 11) is -7.42. The first kappa shape index (κ1) is 29.5. The molecule has 0 fully saturated rings. The lowest BCUT2D eigenvalue weighted by atomic mass is 10.3. The van der Waals surface area contributed by atoms with Gasteiger partial charge in [0.2, 0.25) is 0 Å². The Hall–Kier alpha value is -3.04.